The summed E-state index contributed by atoms with van der Waals surface area (Å²) < 4.78 is 30.7. The van der Waals surface area contributed by atoms with Gasteiger partial charge in [-0.1, -0.05) is 35.9 Å². The van der Waals surface area contributed by atoms with Crippen LogP contribution in [0.5, 0.6) is 23.0 Å². The van der Waals surface area contributed by atoms with E-state index in [1.54, 1.807) is 45.3 Å². The molecule has 0 bridgehead atoms. The van der Waals surface area contributed by atoms with Gasteiger partial charge in [0.25, 0.3) is 0 Å². The van der Waals surface area contributed by atoms with Gasteiger partial charge in [0.1, 0.15) is 55.6 Å². The minimum atomic E-state index is -1.60. The first kappa shape index (κ1) is 36.5. The fourth-order valence-electron chi connectivity index (χ4n) is 5.20. The van der Waals surface area contributed by atoms with E-state index in [4.69, 9.17) is 35.3 Å². The molecule has 1 aromatic heterocycles. The highest BCUT2D eigenvalue weighted by atomic mass is 35.5. The molecular formula is C37H42ClN3O9. The number of rotatable bonds is 14. The highest BCUT2D eigenvalue weighted by molar-refractivity contribution is 6.32. The summed E-state index contributed by atoms with van der Waals surface area (Å²) in [6, 6.07) is 15.2. The molecule has 4 aromatic rings. The van der Waals surface area contributed by atoms with Crippen molar-refractivity contribution in [2.24, 2.45) is 0 Å². The average molecular weight is 708 g/mol. The SMILES string of the molecule is Cc1c(COc2cc(OCc3cnn(CC(=O)OC(C)(C)C)c3)c(CN[C@@](C)(CO)C(=O)O)cc2Cl)cccc1-c1ccc2c(c1)OCCO2. The number of aliphatic hydroxyl groups excluding tert-OH is 1. The molecule has 0 saturated heterocycles. The van der Waals surface area contributed by atoms with Crippen LogP contribution < -0.4 is 24.3 Å². The molecule has 266 valence electrons. The molecule has 50 heavy (non-hydrogen) atoms. The van der Waals surface area contributed by atoms with E-state index in [0.29, 0.717) is 46.6 Å². The van der Waals surface area contributed by atoms with Gasteiger partial charge in [0.2, 0.25) is 0 Å². The van der Waals surface area contributed by atoms with E-state index in [2.05, 4.69) is 10.4 Å². The second kappa shape index (κ2) is 15.4. The molecule has 1 aliphatic rings. The first-order chi connectivity index (χ1) is 23.7. The number of nitrogens with zero attached hydrogens (tertiary/aromatic N) is 2. The van der Waals surface area contributed by atoms with Gasteiger partial charge in [0.05, 0.1) is 17.8 Å². The van der Waals surface area contributed by atoms with Gasteiger partial charge in [0.15, 0.2) is 11.5 Å². The number of aromatic nitrogens is 2. The topological polar surface area (TPSA) is 151 Å². The molecule has 0 spiro atoms. The highest BCUT2D eigenvalue weighted by Crippen LogP contribution is 2.37. The fraction of sp³-hybridized carbons (Fsp3) is 0.378. The lowest BCUT2D eigenvalue weighted by Gasteiger charge is -2.25. The largest absolute Gasteiger partial charge is 0.488 e. The molecule has 3 N–H and O–H groups in total. The van der Waals surface area contributed by atoms with Crippen LogP contribution in [0.1, 0.15) is 49.9 Å². The van der Waals surface area contributed by atoms with Crippen LogP contribution in [0.4, 0.5) is 0 Å². The van der Waals surface area contributed by atoms with Gasteiger partial charge in [-0.15, -0.1) is 0 Å². The van der Waals surface area contributed by atoms with Crippen molar-refractivity contribution in [3.8, 4) is 34.1 Å². The molecule has 0 aliphatic carbocycles. The highest BCUT2D eigenvalue weighted by Gasteiger charge is 2.32. The number of ether oxygens (including phenoxy) is 5. The van der Waals surface area contributed by atoms with Gasteiger partial charge in [-0.2, -0.15) is 5.10 Å². The van der Waals surface area contributed by atoms with Crippen LogP contribution in [0.2, 0.25) is 5.02 Å². The zero-order valence-corrected chi connectivity index (χ0v) is 29.5. The maximum absolute atomic E-state index is 12.3. The number of nitrogens with one attached hydrogen (secondary N) is 1. The van der Waals surface area contributed by atoms with E-state index in [1.807, 2.05) is 43.3 Å². The first-order valence-corrected chi connectivity index (χ1v) is 16.5. The summed E-state index contributed by atoms with van der Waals surface area (Å²) in [7, 11) is 0. The van der Waals surface area contributed by atoms with E-state index in [1.165, 1.54) is 11.6 Å². The van der Waals surface area contributed by atoms with E-state index >= 15 is 0 Å². The van der Waals surface area contributed by atoms with Crippen LogP contribution in [0.3, 0.4) is 0 Å². The third-order valence-corrected chi connectivity index (χ3v) is 8.34. The number of aliphatic hydroxyl groups is 1. The van der Waals surface area contributed by atoms with Crippen molar-refractivity contribution in [3.63, 3.8) is 0 Å². The van der Waals surface area contributed by atoms with Crippen LogP contribution in [-0.2, 0) is 40.6 Å². The third kappa shape index (κ3) is 9.06. The van der Waals surface area contributed by atoms with Gasteiger partial charge in [-0.05, 0) is 75.1 Å². The van der Waals surface area contributed by atoms with Gasteiger partial charge in [-0.3, -0.25) is 19.6 Å². The van der Waals surface area contributed by atoms with E-state index < -0.39 is 29.7 Å². The monoisotopic (exact) mass is 707 g/mol. The number of esters is 1. The average Bonchev–Trinajstić information content (AvgIpc) is 3.52. The van der Waals surface area contributed by atoms with Crippen molar-refractivity contribution in [3.05, 3.63) is 88.2 Å². The smallest absolute Gasteiger partial charge is 0.328 e. The Balaban J connectivity index is 1.35. The van der Waals surface area contributed by atoms with Crippen LogP contribution in [0.15, 0.2) is 60.9 Å². The van der Waals surface area contributed by atoms with Crippen LogP contribution in [-0.4, -0.2) is 62.9 Å². The van der Waals surface area contributed by atoms with E-state index in [-0.39, 0.29) is 26.3 Å². The minimum absolute atomic E-state index is 0.0211. The van der Waals surface area contributed by atoms with Gasteiger partial charge >= 0.3 is 11.9 Å². The fourth-order valence-corrected chi connectivity index (χ4v) is 5.44. The quantitative estimate of drug-likeness (QED) is 0.138. The molecule has 1 atom stereocenters. The summed E-state index contributed by atoms with van der Waals surface area (Å²) in [5, 5.41) is 26.8. The number of carbonyl (C=O) groups excluding carboxylic acids is 1. The Morgan fingerprint density at radius 2 is 1.72 bits per heavy atom. The Morgan fingerprint density at radius 3 is 2.44 bits per heavy atom. The molecule has 0 radical (unpaired) electrons. The van der Waals surface area contributed by atoms with Crippen LogP contribution in [0, 0.1) is 6.92 Å². The Labute approximate surface area is 295 Å². The summed E-state index contributed by atoms with van der Waals surface area (Å²) in [6.07, 6.45) is 3.26. The molecule has 0 amide bonds. The lowest BCUT2D eigenvalue weighted by Crippen LogP contribution is -2.52. The number of carboxylic acids is 1. The number of aliphatic carboxylic acids is 1. The Morgan fingerprint density at radius 1 is 0.980 bits per heavy atom. The minimum Gasteiger partial charge on any atom is -0.488 e. The lowest BCUT2D eigenvalue weighted by molar-refractivity contribution is -0.155. The van der Waals surface area contributed by atoms with Crippen molar-refractivity contribution in [1.82, 2.24) is 15.1 Å². The summed E-state index contributed by atoms with van der Waals surface area (Å²) >= 11 is 6.71. The normalized spacial score (nSPS) is 13.7. The van der Waals surface area contributed by atoms with Crippen molar-refractivity contribution < 1.29 is 43.5 Å². The third-order valence-electron chi connectivity index (χ3n) is 8.05. The number of fused-ring (bicyclic) bond motifs is 1. The zero-order valence-electron chi connectivity index (χ0n) is 28.7. The zero-order chi connectivity index (χ0) is 36.1. The molecule has 1 aliphatic heterocycles. The first-order valence-electron chi connectivity index (χ1n) is 16.1. The summed E-state index contributed by atoms with van der Waals surface area (Å²) in [6.45, 7) is 9.44. The molecule has 0 fully saturated rings. The molecule has 5 rings (SSSR count). The molecular weight excluding hydrogens is 666 g/mol. The summed E-state index contributed by atoms with van der Waals surface area (Å²) in [4.78, 5) is 24.1. The van der Waals surface area contributed by atoms with Crippen LogP contribution >= 0.6 is 11.6 Å². The van der Waals surface area contributed by atoms with Gasteiger partial charge in [-0.25, -0.2) is 0 Å². The standard InChI is InChI=1S/C37H42ClN3O9/c1-23-26(7-6-8-28(23)25-9-10-30-33(14-25)47-12-11-46-30)21-49-32-15-31(27(13-29(32)38)17-39-37(5,22-42)35(44)45)48-20-24-16-40-41(18-24)19-34(43)50-36(2,3)4/h6-10,13-16,18,39,42H,11-12,17,19-22H2,1-5H3,(H,44,45)/t37-/m0/s1. The second-order valence-electron chi connectivity index (χ2n) is 13.2. The predicted molar refractivity (Wildman–Crippen MR) is 186 cm³/mol. The summed E-state index contributed by atoms with van der Waals surface area (Å²) in [5.74, 6) is 0.546. The van der Waals surface area contributed by atoms with Gasteiger partial charge < -0.3 is 33.9 Å². The molecule has 0 unspecified atom stereocenters. The maximum atomic E-state index is 12.3. The van der Waals surface area contributed by atoms with Crippen molar-refractivity contribution in [2.45, 2.75) is 72.1 Å². The summed E-state index contributed by atoms with van der Waals surface area (Å²) in [5.41, 5.74) is 3.00. The molecule has 13 heteroatoms. The molecule has 12 nitrogen and oxygen atoms in total. The number of hydrogen-bond acceptors (Lipinski definition) is 10. The van der Waals surface area contributed by atoms with Crippen molar-refractivity contribution >= 4 is 23.5 Å². The molecule has 0 saturated carbocycles. The number of carbonyl (C=O) groups is 2. The Bertz CT molecular complexity index is 1850. The predicted octanol–water partition coefficient (Wildman–Crippen LogP) is 5.71. The molecule has 2 heterocycles. The Hall–Kier alpha value is -4.78. The van der Waals surface area contributed by atoms with Crippen molar-refractivity contribution in [2.75, 3.05) is 19.8 Å². The maximum Gasteiger partial charge on any atom is 0.328 e. The Kier molecular flexibility index (Phi) is 11.2. The number of halogens is 1. The lowest BCUT2D eigenvalue weighted by atomic mass is 9.96. The van der Waals surface area contributed by atoms with Crippen molar-refractivity contribution in [1.29, 1.82) is 0 Å². The van der Waals surface area contributed by atoms with Gasteiger partial charge in [0, 0.05) is 29.9 Å². The molecule has 3 aromatic carbocycles. The van der Waals surface area contributed by atoms with Crippen LogP contribution in [0.25, 0.3) is 11.1 Å². The number of carboxylic acid groups (broad SMARTS) is 1. The number of hydrogen-bond donors (Lipinski definition) is 3. The van der Waals surface area contributed by atoms with E-state index in [0.717, 1.165) is 28.0 Å². The van der Waals surface area contributed by atoms with E-state index in [9.17, 15) is 19.8 Å². The number of benzene rings is 3. The second-order valence-corrected chi connectivity index (χ2v) is 13.6.